The lowest BCUT2D eigenvalue weighted by atomic mass is 10.2. The van der Waals surface area contributed by atoms with Gasteiger partial charge in [-0.3, -0.25) is 0 Å². The van der Waals surface area contributed by atoms with E-state index in [0.717, 1.165) is 12.5 Å². The average Bonchev–Trinajstić information content (AvgIpc) is 2.37. The Kier molecular flexibility index (Phi) is 5.26. The third-order valence-electron chi connectivity index (χ3n) is 2.52. The molecule has 5 nitrogen and oxygen atoms in total. The predicted molar refractivity (Wildman–Crippen MR) is 73.2 cm³/mol. The Morgan fingerprint density at radius 3 is 2.68 bits per heavy atom. The summed E-state index contributed by atoms with van der Waals surface area (Å²) in [5.41, 5.74) is 0.536. The summed E-state index contributed by atoms with van der Waals surface area (Å²) < 4.78 is 25.7. The van der Waals surface area contributed by atoms with Crippen molar-refractivity contribution in [1.82, 2.24) is 4.31 Å². The molecule has 1 N–H and O–H groups in total. The summed E-state index contributed by atoms with van der Waals surface area (Å²) in [7, 11) is -1.98. The first kappa shape index (κ1) is 15.4. The molecule has 0 aromatic heterocycles. The highest BCUT2D eigenvalue weighted by molar-refractivity contribution is 7.89. The van der Waals surface area contributed by atoms with Crippen molar-refractivity contribution in [1.29, 1.82) is 0 Å². The Morgan fingerprint density at radius 1 is 1.42 bits per heavy atom. The Bertz CT molecular complexity index is 578. The average molecular weight is 283 g/mol. The number of carboxylic acids is 1. The largest absolute Gasteiger partial charge is 0.478 e. The van der Waals surface area contributed by atoms with Crippen LogP contribution in [-0.2, 0) is 14.8 Å². The van der Waals surface area contributed by atoms with E-state index in [1.165, 1.54) is 29.6 Å². The number of sulfonamides is 1. The van der Waals surface area contributed by atoms with Crippen molar-refractivity contribution in [2.24, 2.45) is 0 Å². The molecule has 0 aliphatic carbocycles. The van der Waals surface area contributed by atoms with Crippen LogP contribution in [0.2, 0.25) is 0 Å². The molecule has 104 valence electrons. The van der Waals surface area contributed by atoms with Gasteiger partial charge in [-0.1, -0.05) is 19.1 Å². The summed E-state index contributed by atoms with van der Waals surface area (Å²) in [6, 6.07) is 6.20. The van der Waals surface area contributed by atoms with Crippen molar-refractivity contribution in [2.45, 2.75) is 18.2 Å². The van der Waals surface area contributed by atoms with Gasteiger partial charge in [-0.15, -0.1) is 0 Å². The fourth-order valence-corrected chi connectivity index (χ4v) is 2.88. The second-order valence-electron chi connectivity index (χ2n) is 4.07. The van der Waals surface area contributed by atoms with E-state index in [9.17, 15) is 13.2 Å². The molecule has 0 saturated carbocycles. The first-order valence-corrected chi connectivity index (χ1v) is 7.29. The molecule has 1 aromatic carbocycles. The van der Waals surface area contributed by atoms with E-state index < -0.39 is 16.0 Å². The minimum Gasteiger partial charge on any atom is -0.478 e. The van der Waals surface area contributed by atoms with Gasteiger partial charge in [-0.25, -0.2) is 17.5 Å². The number of hydrogen-bond donors (Lipinski definition) is 1. The van der Waals surface area contributed by atoms with Gasteiger partial charge in [0.15, 0.2) is 0 Å². The molecule has 1 rings (SSSR count). The van der Waals surface area contributed by atoms with E-state index in [4.69, 9.17) is 5.11 Å². The molecule has 1 aromatic rings. The number of aliphatic carboxylic acids is 1. The molecular formula is C13H17NO4S. The van der Waals surface area contributed by atoms with Gasteiger partial charge in [-0.2, -0.15) is 0 Å². The van der Waals surface area contributed by atoms with Gasteiger partial charge in [0.05, 0.1) is 4.90 Å². The number of hydrogen-bond acceptors (Lipinski definition) is 3. The van der Waals surface area contributed by atoms with Crippen LogP contribution in [-0.4, -0.2) is 37.4 Å². The van der Waals surface area contributed by atoms with Gasteiger partial charge in [0.1, 0.15) is 0 Å². The maximum Gasteiger partial charge on any atom is 0.328 e. The summed E-state index contributed by atoms with van der Waals surface area (Å²) in [5, 5.41) is 8.55. The molecule has 0 radical (unpaired) electrons. The van der Waals surface area contributed by atoms with Gasteiger partial charge in [0.2, 0.25) is 10.0 Å². The van der Waals surface area contributed by atoms with Crippen molar-refractivity contribution in [2.75, 3.05) is 13.6 Å². The van der Waals surface area contributed by atoms with E-state index in [1.54, 1.807) is 12.1 Å². The zero-order valence-electron chi connectivity index (χ0n) is 10.9. The summed E-state index contributed by atoms with van der Waals surface area (Å²) in [5.74, 6) is -1.07. The minimum absolute atomic E-state index is 0.163. The molecule has 0 bridgehead atoms. The molecule has 0 heterocycles. The summed E-state index contributed by atoms with van der Waals surface area (Å²) in [4.78, 5) is 10.6. The smallest absolute Gasteiger partial charge is 0.328 e. The maximum atomic E-state index is 12.2. The van der Waals surface area contributed by atoms with Crippen LogP contribution in [0.15, 0.2) is 35.2 Å². The number of nitrogens with zero attached hydrogens (tertiary/aromatic N) is 1. The molecule has 0 spiro atoms. The summed E-state index contributed by atoms with van der Waals surface area (Å²) in [6.45, 7) is 2.34. The number of benzene rings is 1. The van der Waals surface area contributed by atoms with E-state index in [0.29, 0.717) is 12.1 Å². The molecule has 0 atom stereocenters. The first-order chi connectivity index (χ1) is 8.87. The lowest BCUT2D eigenvalue weighted by Gasteiger charge is -2.16. The zero-order valence-corrected chi connectivity index (χ0v) is 11.7. The fourth-order valence-electron chi connectivity index (χ4n) is 1.56. The lowest BCUT2D eigenvalue weighted by Crippen LogP contribution is -2.27. The topological polar surface area (TPSA) is 74.7 Å². The Morgan fingerprint density at radius 2 is 2.11 bits per heavy atom. The van der Waals surface area contributed by atoms with E-state index >= 15 is 0 Å². The minimum atomic E-state index is -3.51. The number of carboxylic acid groups (broad SMARTS) is 1. The van der Waals surface area contributed by atoms with Crippen molar-refractivity contribution >= 4 is 22.1 Å². The van der Waals surface area contributed by atoms with Crippen molar-refractivity contribution in [3.8, 4) is 0 Å². The van der Waals surface area contributed by atoms with Gasteiger partial charge in [0.25, 0.3) is 0 Å². The standard InChI is InChI=1S/C13H17NO4S/c1-3-9-14(2)19(17,18)12-6-4-5-11(10-12)7-8-13(15)16/h4-8,10H,3,9H2,1-2H3,(H,15,16)/b8-7+. The van der Waals surface area contributed by atoms with Crippen LogP contribution < -0.4 is 0 Å². The van der Waals surface area contributed by atoms with Gasteiger partial charge in [0, 0.05) is 19.7 Å². The van der Waals surface area contributed by atoms with Gasteiger partial charge in [-0.05, 0) is 30.2 Å². The number of carbonyl (C=O) groups is 1. The van der Waals surface area contributed by atoms with Crippen molar-refractivity contribution < 1.29 is 18.3 Å². The Balaban J connectivity index is 3.08. The fraction of sp³-hybridized carbons (Fsp3) is 0.308. The van der Waals surface area contributed by atoms with E-state index in [2.05, 4.69) is 0 Å². The van der Waals surface area contributed by atoms with Crippen LogP contribution >= 0.6 is 0 Å². The first-order valence-electron chi connectivity index (χ1n) is 5.85. The summed E-state index contributed by atoms with van der Waals surface area (Å²) in [6.07, 6.45) is 3.07. The second kappa shape index (κ2) is 6.49. The highest BCUT2D eigenvalue weighted by Gasteiger charge is 2.19. The Hall–Kier alpha value is -1.66. The Labute approximate surface area is 113 Å². The van der Waals surface area contributed by atoms with Crippen LogP contribution in [0, 0.1) is 0 Å². The molecule has 0 aliphatic rings. The van der Waals surface area contributed by atoms with Crippen LogP contribution in [0.25, 0.3) is 6.08 Å². The third kappa shape index (κ3) is 4.18. The van der Waals surface area contributed by atoms with Crippen molar-refractivity contribution in [3.63, 3.8) is 0 Å². The van der Waals surface area contributed by atoms with Crippen LogP contribution in [0.3, 0.4) is 0 Å². The van der Waals surface area contributed by atoms with Crippen LogP contribution in [0.5, 0.6) is 0 Å². The van der Waals surface area contributed by atoms with Crippen molar-refractivity contribution in [3.05, 3.63) is 35.9 Å². The van der Waals surface area contributed by atoms with E-state index in [-0.39, 0.29) is 4.90 Å². The summed E-state index contributed by atoms with van der Waals surface area (Å²) >= 11 is 0. The lowest BCUT2D eigenvalue weighted by molar-refractivity contribution is -0.131. The molecule has 19 heavy (non-hydrogen) atoms. The van der Waals surface area contributed by atoms with Gasteiger partial charge >= 0.3 is 5.97 Å². The predicted octanol–water partition coefficient (Wildman–Crippen LogP) is 1.81. The van der Waals surface area contributed by atoms with Crippen LogP contribution in [0.1, 0.15) is 18.9 Å². The third-order valence-corrected chi connectivity index (χ3v) is 4.38. The number of rotatable bonds is 6. The molecule has 0 aliphatic heterocycles. The molecule has 0 unspecified atom stereocenters. The molecular weight excluding hydrogens is 266 g/mol. The second-order valence-corrected chi connectivity index (χ2v) is 6.12. The highest BCUT2D eigenvalue weighted by Crippen LogP contribution is 2.17. The molecule has 0 amide bonds. The molecule has 6 heteroatoms. The SMILES string of the molecule is CCCN(C)S(=O)(=O)c1cccc(/C=C/C(=O)O)c1. The molecule has 0 fully saturated rings. The molecule has 0 saturated heterocycles. The van der Waals surface area contributed by atoms with E-state index in [1.807, 2.05) is 6.92 Å². The van der Waals surface area contributed by atoms with Gasteiger partial charge < -0.3 is 5.11 Å². The monoisotopic (exact) mass is 283 g/mol. The zero-order chi connectivity index (χ0) is 14.5. The quantitative estimate of drug-likeness (QED) is 0.808. The normalized spacial score (nSPS) is 12.2. The maximum absolute atomic E-state index is 12.2. The highest BCUT2D eigenvalue weighted by atomic mass is 32.2. The van der Waals surface area contributed by atoms with Crippen LogP contribution in [0.4, 0.5) is 0 Å².